The monoisotopic (exact) mass is 717 g/mol. The summed E-state index contributed by atoms with van der Waals surface area (Å²) in [6, 6.07) is 73.9. The van der Waals surface area contributed by atoms with Crippen LogP contribution in [0.3, 0.4) is 0 Å². The molecule has 5 heteroatoms. The second-order valence-electron chi connectivity index (χ2n) is 13.7. The maximum absolute atomic E-state index is 5.16. The Balaban J connectivity index is 1.04. The molecule has 10 rings (SSSR count). The van der Waals surface area contributed by atoms with E-state index in [2.05, 4.69) is 204 Å². The summed E-state index contributed by atoms with van der Waals surface area (Å²) in [4.78, 5) is 17.7. The van der Waals surface area contributed by atoms with Gasteiger partial charge in [-0.2, -0.15) is 9.97 Å². The number of rotatable bonds is 8. The normalized spacial score (nSPS) is 11.2. The number of nitrogens with zero attached hydrogens (tertiary/aromatic N) is 5. The van der Waals surface area contributed by atoms with Gasteiger partial charge in [0.2, 0.25) is 5.95 Å². The van der Waals surface area contributed by atoms with Crippen molar-refractivity contribution in [3.63, 3.8) is 0 Å². The Morgan fingerprint density at radius 1 is 0.286 bits per heavy atom. The highest BCUT2D eigenvalue weighted by molar-refractivity contribution is 6.09. The molecule has 264 valence electrons. The van der Waals surface area contributed by atoms with Crippen molar-refractivity contribution >= 4 is 38.9 Å². The van der Waals surface area contributed by atoms with Crippen LogP contribution in [0.5, 0.6) is 0 Å². The highest BCUT2D eigenvalue weighted by atomic mass is 15.2. The molecule has 0 aliphatic rings. The zero-order valence-corrected chi connectivity index (χ0v) is 30.4. The molecule has 8 aromatic carbocycles. The lowest BCUT2D eigenvalue weighted by molar-refractivity contribution is 0.953. The Morgan fingerprint density at radius 2 is 0.625 bits per heavy atom. The molecular formula is C51H35N5. The predicted octanol–water partition coefficient (Wildman–Crippen LogP) is 13.1. The van der Waals surface area contributed by atoms with E-state index < -0.39 is 0 Å². The minimum Gasteiger partial charge on any atom is -0.311 e. The van der Waals surface area contributed by atoms with E-state index in [9.17, 15) is 0 Å². The fourth-order valence-electron chi connectivity index (χ4n) is 7.52. The maximum Gasteiger partial charge on any atom is 0.238 e. The van der Waals surface area contributed by atoms with E-state index in [1.165, 1.54) is 5.56 Å². The first-order valence-electron chi connectivity index (χ1n) is 18.8. The second-order valence-corrected chi connectivity index (χ2v) is 13.7. The molecule has 10 aromatic rings. The van der Waals surface area contributed by atoms with Crippen LogP contribution >= 0.6 is 0 Å². The van der Waals surface area contributed by atoms with Crippen molar-refractivity contribution < 1.29 is 0 Å². The minimum absolute atomic E-state index is 0.579. The first kappa shape index (κ1) is 33.0. The molecule has 0 aliphatic heterocycles. The zero-order valence-electron chi connectivity index (χ0n) is 30.4. The van der Waals surface area contributed by atoms with Crippen LogP contribution < -0.4 is 4.90 Å². The summed E-state index contributed by atoms with van der Waals surface area (Å²) < 4.78 is 2.15. The number of fused-ring (bicyclic) bond motifs is 3. The van der Waals surface area contributed by atoms with Crippen molar-refractivity contribution in [2.75, 3.05) is 4.90 Å². The quantitative estimate of drug-likeness (QED) is 0.157. The van der Waals surface area contributed by atoms with E-state index in [1.54, 1.807) is 0 Å². The zero-order chi connectivity index (χ0) is 37.3. The van der Waals surface area contributed by atoms with E-state index in [1.807, 2.05) is 18.2 Å². The molecule has 56 heavy (non-hydrogen) atoms. The third-order valence-electron chi connectivity index (χ3n) is 10.3. The molecule has 0 spiro atoms. The largest absolute Gasteiger partial charge is 0.311 e. The van der Waals surface area contributed by atoms with Crippen LogP contribution in [0.2, 0.25) is 0 Å². The van der Waals surface area contributed by atoms with Gasteiger partial charge in [0.25, 0.3) is 0 Å². The summed E-state index contributed by atoms with van der Waals surface area (Å²) in [5.74, 6) is 1.81. The van der Waals surface area contributed by atoms with Gasteiger partial charge in [-0.3, -0.25) is 4.57 Å². The highest BCUT2D eigenvalue weighted by Gasteiger charge is 2.18. The summed E-state index contributed by atoms with van der Waals surface area (Å²) >= 11 is 0. The standard InChI is InChI=1S/C51H35N5/c1-4-14-36(15-5-1)37-24-28-40(29-25-37)49-52-50(54-51(53-49)56-47-22-12-10-20-45(47)46-21-11-13-23-48(46)56)41-30-26-38(27-31-41)39-32-34-44(35-33-39)55(42-16-6-2-7-17-42)43-18-8-3-9-19-43/h1-35H. The Labute approximate surface area is 325 Å². The summed E-state index contributed by atoms with van der Waals surface area (Å²) in [7, 11) is 0. The fraction of sp³-hybridized carbons (Fsp3) is 0. The summed E-state index contributed by atoms with van der Waals surface area (Å²) in [5.41, 5.74) is 11.8. The molecule has 0 atom stereocenters. The van der Waals surface area contributed by atoms with Crippen molar-refractivity contribution in [2.45, 2.75) is 0 Å². The number of aromatic nitrogens is 4. The maximum atomic E-state index is 5.16. The molecule has 0 bridgehead atoms. The molecule has 2 aromatic heterocycles. The average Bonchev–Trinajstić information content (AvgIpc) is 3.62. The van der Waals surface area contributed by atoms with Crippen molar-refractivity contribution in [3.05, 3.63) is 212 Å². The summed E-state index contributed by atoms with van der Waals surface area (Å²) in [6.45, 7) is 0. The number of anilines is 3. The van der Waals surface area contributed by atoms with Crippen molar-refractivity contribution in [1.82, 2.24) is 19.5 Å². The highest BCUT2D eigenvalue weighted by Crippen LogP contribution is 2.36. The van der Waals surface area contributed by atoms with Crippen LogP contribution in [0.4, 0.5) is 17.1 Å². The van der Waals surface area contributed by atoms with Crippen LogP contribution in [-0.2, 0) is 0 Å². The van der Waals surface area contributed by atoms with Crippen LogP contribution in [-0.4, -0.2) is 19.5 Å². The molecular weight excluding hydrogens is 683 g/mol. The van der Waals surface area contributed by atoms with Gasteiger partial charge in [0.1, 0.15) is 0 Å². The van der Waals surface area contributed by atoms with Gasteiger partial charge in [-0.15, -0.1) is 0 Å². The smallest absolute Gasteiger partial charge is 0.238 e. The fourth-order valence-corrected chi connectivity index (χ4v) is 7.52. The lowest BCUT2D eigenvalue weighted by Gasteiger charge is -2.25. The van der Waals surface area contributed by atoms with Gasteiger partial charge in [0.05, 0.1) is 11.0 Å². The molecule has 5 nitrogen and oxygen atoms in total. The SMILES string of the molecule is c1ccc(-c2ccc(-c3nc(-c4ccc(-c5ccc(N(c6ccccc6)c6ccccc6)cc5)cc4)nc(-n4c5ccccc5c5ccccc54)n3)cc2)cc1. The third kappa shape index (κ3) is 6.17. The van der Waals surface area contributed by atoms with Crippen LogP contribution in [0.15, 0.2) is 212 Å². The Bertz CT molecular complexity index is 2830. The number of para-hydroxylation sites is 4. The topological polar surface area (TPSA) is 46.8 Å². The number of hydrogen-bond donors (Lipinski definition) is 0. The first-order valence-corrected chi connectivity index (χ1v) is 18.8. The Kier molecular flexibility index (Phi) is 8.43. The molecule has 0 saturated carbocycles. The molecule has 0 saturated heterocycles. The van der Waals surface area contributed by atoms with Gasteiger partial charge in [-0.25, -0.2) is 4.98 Å². The predicted molar refractivity (Wildman–Crippen MR) is 231 cm³/mol. The van der Waals surface area contributed by atoms with Crippen LogP contribution in [0, 0.1) is 0 Å². The van der Waals surface area contributed by atoms with Crippen LogP contribution in [0.1, 0.15) is 0 Å². The van der Waals surface area contributed by atoms with Gasteiger partial charge < -0.3 is 4.90 Å². The molecule has 2 heterocycles. The van der Waals surface area contributed by atoms with Crippen LogP contribution in [0.25, 0.3) is 72.8 Å². The Hall–Kier alpha value is -7.63. The summed E-state index contributed by atoms with van der Waals surface area (Å²) in [5, 5.41) is 2.31. The Morgan fingerprint density at radius 3 is 1.09 bits per heavy atom. The molecule has 0 radical (unpaired) electrons. The van der Waals surface area contributed by atoms with E-state index in [0.717, 1.165) is 66.7 Å². The second kappa shape index (κ2) is 14.3. The molecule has 0 fully saturated rings. The molecule has 0 N–H and O–H groups in total. The van der Waals surface area contributed by atoms with E-state index >= 15 is 0 Å². The first-order chi connectivity index (χ1) is 27.8. The molecule has 0 amide bonds. The van der Waals surface area contributed by atoms with Gasteiger partial charge in [0.15, 0.2) is 11.6 Å². The van der Waals surface area contributed by atoms with Gasteiger partial charge >= 0.3 is 0 Å². The van der Waals surface area contributed by atoms with Crippen molar-refractivity contribution in [3.8, 4) is 51.0 Å². The van der Waals surface area contributed by atoms with Crippen molar-refractivity contribution in [1.29, 1.82) is 0 Å². The van der Waals surface area contributed by atoms with Gasteiger partial charge in [0, 0.05) is 39.0 Å². The number of benzene rings is 8. The van der Waals surface area contributed by atoms with E-state index in [0.29, 0.717) is 17.6 Å². The molecule has 0 aliphatic carbocycles. The summed E-state index contributed by atoms with van der Waals surface area (Å²) in [6.07, 6.45) is 0. The number of hydrogen-bond acceptors (Lipinski definition) is 4. The van der Waals surface area contributed by atoms with Gasteiger partial charge in [-0.1, -0.05) is 164 Å². The van der Waals surface area contributed by atoms with Crippen molar-refractivity contribution in [2.24, 2.45) is 0 Å². The minimum atomic E-state index is 0.579. The third-order valence-corrected chi connectivity index (χ3v) is 10.3. The molecule has 0 unspecified atom stereocenters. The lowest BCUT2D eigenvalue weighted by Crippen LogP contribution is -2.09. The van der Waals surface area contributed by atoms with E-state index in [4.69, 9.17) is 15.0 Å². The average molecular weight is 718 g/mol. The lowest BCUT2D eigenvalue weighted by atomic mass is 10.0. The van der Waals surface area contributed by atoms with Gasteiger partial charge in [-0.05, 0) is 70.8 Å². The van der Waals surface area contributed by atoms with E-state index in [-0.39, 0.29) is 0 Å².